The number of fused-ring (bicyclic) bond motifs is 1. The zero-order valence-corrected chi connectivity index (χ0v) is 10.9. The highest BCUT2D eigenvalue weighted by Crippen LogP contribution is 2.25. The molecule has 0 fully saturated rings. The molecule has 0 radical (unpaired) electrons. The minimum Gasteiger partial charge on any atom is -0.455 e. The average Bonchev–Trinajstić information content (AvgIpc) is 2.83. The van der Waals surface area contributed by atoms with Crippen LogP contribution >= 0.6 is 0 Å². The van der Waals surface area contributed by atoms with E-state index in [-0.39, 0.29) is 17.5 Å². The van der Waals surface area contributed by atoms with Crippen LogP contribution in [-0.4, -0.2) is 29.7 Å². The molecule has 1 aromatic rings. The second-order valence-electron chi connectivity index (χ2n) is 4.51. The number of carbonyl (C=O) groups is 2. The monoisotopic (exact) mass is 259 g/mol. The Kier molecular flexibility index (Phi) is 4.00. The molecule has 4 heteroatoms. The van der Waals surface area contributed by atoms with Crippen molar-refractivity contribution in [1.29, 1.82) is 0 Å². The fourth-order valence-corrected chi connectivity index (χ4v) is 2.21. The van der Waals surface area contributed by atoms with E-state index in [1.807, 2.05) is 0 Å². The molecule has 0 N–H and O–H groups in total. The van der Waals surface area contributed by atoms with Crippen LogP contribution in [0.1, 0.15) is 39.5 Å². The van der Waals surface area contributed by atoms with Crippen molar-refractivity contribution < 1.29 is 14.0 Å². The first kappa shape index (κ1) is 13.3. The van der Waals surface area contributed by atoms with Crippen LogP contribution in [0.2, 0.25) is 0 Å². The van der Waals surface area contributed by atoms with Gasteiger partial charge in [-0.2, -0.15) is 0 Å². The van der Waals surface area contributed by atoms with Crippen LogP contribution in [0.3, 0.4) is 0 Å². The number of amides is 1. The molecule has 0 atom stereocenters. The van der Waals surface area contributed by atoms with Gasteiger partial charge in [0, 0.05) is 32.0 Å². The van der Waals surface area contributed by atoms with Crippen LogP contribution in [0, 0.1) is 0 Å². The van der Waals surface area contributed by atoms with E-state index < -0.39 is 0 Å². The van der Waals surface area contributed by atoms with Gasteiger partial charge in [-0.15, -0.1) is 13.2 Å². The van der Waals surface area contributed by atoms with Gasteiger partial charge in [-0.1, -0.05) is 12.2 Å². The summed E-state index contributed by atoms with van der Waals surface area (Å²) in [7, 11) is 0. The third-order valence-electron chi connectivity index (χ3n) is 3.11. The molecular weight excluding hydrogens is 242 g/mol. The second kappa shape index (κ2) is 5.69. The summed E-state index contributed by atoms with van der Waals surface area (Å²) >= 11 is 0. The Morgan fingerprint density at radius 1 is 1.32 bits per heavy atom. The molecule has 19 heavy (non-hydrogen) atoms. The fraction of sp³-hybridized carbons (Fsp3) is 0.333. The first-order valence-corrected chi connectivity index (χ1v) is 6.34. The van der Waals surface area contributed by atoms with Gasteiger partial charge in [0.25, 0.3) is 5.91 Å². The molecule has 1 aliphatic rings. The van der Waals surface area contributed by atoms with E-state index >= 15 is 0 Å². The largest absolute Gasteiger partial charge is 0.455 e. The van der Waals surface area contributed by atoms with Crippen LogP contribution < -0.4 is 0 Å². The number of Topliss-reactive ketones (excluding diaryl/α,β-unsaturated/α-hetero) is 1. The predicted octanol–water partition coefficient (Wildman–Crippen LogP) is 2.61. The third kappa shape index (κ3) is 2.67. The van der Waals surface area contributed by atoms with E-state index in [2.05, 4.69) is 13.2 Å². The van der Waals surface area contributed by atoms with Gasteiger partial charge < -0.3 is 9.32 Å². The van der Waals surface area contributed by atoms with Crippen molar-refractivity contribution in [3.63, 3.8) is 0 Å². The maximum atomic E-state index is 12.3. The van der Waals surface area contributed by atoms with Crippen LogP contribution in [-0.2, 0) is 6.42 Å². The summed E-state index contributed by atoms with van der Waals surface area (Å²) in [6.45, 7) is 8.09. The summed E-state index contributed by atoms with van der Waals surface area (Å²) in [5, 5.41) is 0. The summed E-state index contributed by atoms with van der Waals surface area (Å²) in [4.78, 5) is 25.6. The highest BCUT2D eigenvalue weighted by atomic mass is 16.4. The lowest BCUT2D eigenvalue weighted by molar-refractivity contribution is 0.0756. The molecule has 1 aromatic heterocycles. The first-order valence-electron chi connectivity index (χ1n) is 6.34. The zero-order valence-electron chi connectivity index (χ0n) is 10.9. The fourth-order valence-electron chi connectivity index (χ4n) is 2.21. The number of hydrogen-bond donors (Lipinski definition) is 0. The van der Waals surface area contributed by atoms with Gasteiger partial charge in [-0.05, 0) is 6.42 Å². The molecule has 1 aliphatic carbocycles. The summed E-state index contributed by atoms with van der Waals surface area (Å²) in [6, 6.07) is 1.57. The van der Waals surface area contributed by atoms with E-state index in [0.717, 1.165) is 12.8 Å². The van der Waals surface area contributed by atoms with Crippen molar-refractivity contribution in [2.75, 3.05) is 13.1 Å². The number of ketones is 1. The van der Waals surface area contributed by atoms with Gasteiger partial charge in [0.1, 0.15) is 5.76 Å². The normalized spacial score (nSPS) is 13.8. The zero-order chi connectivity index (χ0) is 13.8. The molecule has 100 valence electrons. The Labute approximate surface area is 112 Å². The molecule has 0 spiro atoms. The molecule has 4 nitrogen and oxygen atoms in total. The third-order valence-corrected chi connectivity index (χ3v) is 3.11. The smallest absolute Gasteiger partial charge is 0.290 e. The number of aryl methyl sites for hydroxylation is 1. The van der Waals surface area contributed by atoms with Crippen molar-refractivity contribution in [3.05, 3.63) is 48.5 Å². The molecule has 0 saturated carbocycles. The average molecular weight is 259 g/mol. The van der Waals surface area contributed by atoms with Gasteiger partial charge in [0.2, 0.25) is 0 Å². The number of hydrogen-bond acceptors (Lipinski definition) is 3. The Morgan fingerprint density at radius 2 is 2.00 bits per heavy atom. The topological polar surface area (TPSA) is 50.5 Å². The van der Waals surface area contributed by atoms with E-state index in [0.29, 0.717) is 30.8 Å². The highest BCUT2D eigenvalue weighted by molar-refractivity contribution is 6.01. The molecule has 0 aromatic carbocycles. The van der Waals surface area contributed by atoms with Crippen molar-refractivity contribution in [1.82, 2.24) is 4.90 Å². The summed E-state index contributed by atoms with van der Waals surface area (Å²) in [5.41, 5.74) is 0.562. The van der Waals surface area contributed by atoms with Crippen LogP contribution in [0.5, 0.6) is 0 Å². The summed E-state index contributed by atoms with van der Waals surface area (Å²) in [6.07, 6.45) is 5.33. The molecule has 0 unspecified atom stereocenters. The quantitative estimate of drug-likeness (QED) is 0.764. The molecule has 0 aliphatic heterocycles. The Morgan fingerprint density at radius 3 is 2.58 bits per heavy atom. The van der Waals surface area contributed by atoms with Crippen LogP contribution in [0.15, 0.2) is 35.8 Å². The van der Waals surface area contributed by atoms with Crippen molar-refractivity contribution in [3.8, 4) is 0 Å². The number of rotatable bonds is 5. The van der Waals surface area contributed by atoms with E-state index in [9.17, 15) is 9.59 Å². The number of furan rings is 1. The molecule has 2 rings (SSSR count). The molecule has 1 heterocycles. The maximum Gasteiger partial charge on any atom is 0.290 e. The van der Waals surface area contributed by atoms with Gasteiger partial charge in [-0.25, -0.2) is 0 Å². The van der Waals surface area contributed by atoms with Crippen molar-refractivity contribution >= 4 is 11.7 Å². The lowest BCUT2D eigenvalue weighted by Gasteiger charge is -2.17. The van der Waals surface area contributed by atoms with Crippen LogP contribution in [0.25, 0.3) is 0 Å². The molecular formula is C15H17NO3. The SMILES string of the molecule is C=CCN(CC=C)C(=O)c1cc2c(o1)CCCC2=O. The minimum atomic E-state index is -0.234. The molecule has 0 saturated heterocycles. The number of carbonyl (C=O) groups excluding carboxylic acids is 2. The Balaban J connectivity index is 2.25. The van der Waals surface area contributed by atoms with Gasteiger partial charge in [-0.3, -0.25) is 9.59 Å². The molecule has 1 amide bonds. The van der Waals surface area contributed by atoms with Crippen LogP contribution in [0.4, 0.5) is 0 Å². The Hall–Kier alpha value is -2.10. The molecule has 0 bridgehead atoms. The second-order valence-corrected chi connectivity index (χ2v) is 4.51. The maximum absolute atomic E-state index is 12.3. The van der Waals surface area contributed by atoms with E-state index in [4.69, 9.17) is 4.42 Å². The van der Waals surface area contributed by atoms with Gasteiger partial charge >= 0.3 is 0 Å². The number of nitrogens with zero attached hydrogens (tertiary/aromatic N) is 1. The highest BCUT2D eigenvalue weighted by Gasteiger charge is 2.26. The van der Waals surface area contributed by atoms with E-state index in [1.165, 1.54) is 0 Å². The van der Waals surface area contributed by atoms with E-state index in [1.54, 1.807) is 23.1 Å². The summed E-state index contributed by atoms with van der Waals surface area (Å²) < 4.78 is 5.53. The summed E-state index contributed by atoms with van der Waals surface area (Å²) in [5.74, 6) is 0.686. The minimum absolute atomic E-state index is 0.0584. The predicted molar refractivity (Wildman–Crippen MR) is 72.3 cm³/mol. The van der Waals surface area contributed by atoms with Gasteiger partial charge in [0.15, 0.2) is 11.5 Å². The standard InChI is InChI=1S/C15H17NO3/c1-3-8-16(9-4-2)15(18)14-10-11-12(17)6-5-7-13(11)19-14/h3-4,10H,1-2,5-9H2. The van der Waals surface area contributed by atoms with Gasteiger partial charge in [0.05, 0.1) is 5.56 Å². The van der Waals surface area contributed by atoms with Crippen molar-refractivity contribution in [2.24, 2.45) is 0 Å². The lowest BCUT2D eigenvalue weighted by Crippen LogP contribution is -2.31. The Bertz CT molecular complexity index is 517. The first-order chi connectivity index (χ1) is 9.17. The van der Waals surface area contributed by atoms with Crippen molar-refractivity contribution in [2.45, 2.75) is 19.3 Å². The lowest BCUT2D eigenvalue weighted by atomic mass is 9.97.